The van der Waals surface area contributed by atoms with Gasteiger partial charge in [-0.05, 0) is 30.4 Å². The van der Waals surface area contributed by atoms with Crippen LogP contribution in [0.4, 0.5) is 0 Å². The van der Waals surface area contributed by atoms with E-state index in [9.17, 15) is 4.79 Å². The molecule has 0 aromatic heterocycles. The summed E-state index contributed by atoms with van der Waals surface area (Å²) in [7, 11) is 0. The van der Waals surface area contributed by atoms with Crippen molar-refractivity contribution in [3.8, 4) is 5.75 Å². The molecule has 2 aliphatic rings. The fourth-order valence-electron chi connectivity index (χ4n) is 2.51. The highest BCUT2D eigenvalue weighted by molar-refractivity contribution is 5.74. The standard InChI is InChI=1S/C14H17NO3/c16-14(17)13(9-5-6-9)15-8-11-7-10-3-1-2-4-12(10)18-11/h1-4,9,11,13,15H,5-8H2,(H,16,17). The van der Waals surface area contributed by atoms with Gasteiger partial charge in [-0.3, -0.25) is 4.79 Å². The van der Waals surface area contributed by atoms with Crippen LogP contribution in [-0.2, 0) is 11.2 Å². The first kappa shape index (κ1) is 11.5. The van der Waals surface area contributed by atoms with Crippen LogP contribution in [0.1, 0.15) is 18.4 Å². The highest BCUT2D eigenvalue weighted by atomic mass is 16.5. The molecule has 0 spiro atoms. The van der Waals surface area contributed by atoms with Gasteiger partial charge in [-0.2, -0.15) is 0 Å². The van der Waals surface area contributed by atoms with E-state index in [1.165, 1.54) is 5.56 Å². The quantitative estimate of drug-likeness (QED) is 0.826. The topological polar surface area (TPSA) is 58.6 Å². The van der Waals surface area contributed by atoms with Gasteiger partial charge in [-0.25, -0.2) is 0 Å². The van der Waals surface area contributed by atoms with E-state index in [0.29, 0.717) is 12.5 Å². The third kappa shape index (κ3) is 2.34. The average Bonchev–Trinajstić information content (AvgIpc) is 3.08. The van der Waals surface area contributed by atoms with Gasteiger partial charge in [0.15, 0.2) is 0 Å². The van der Waals surface area contributed by atoms with Gasteiger partial charge >= 0.3 is 5.97 Å². The minimum absolute atomic E-state index is 0.0583. The molecule has 4 nitrogen and oxygen atoms in total. The first-order valence-electron chi connectivity index (χ1n) is 6.45. The average molecular weight is 247 g/mol. The number of benzene rings is 1. The van der Waals surface area contributed by atoms with Crippen molar-refractivity contribution in [3.63, 3.8) is 0 Å². The van der Waals surface area contributed by atoms with Crippen LogP contribution in [-0.4, -0.2) is 29.8 Å². The molecule has 1 fully saturated rings. The number of hydrogen-bond acceptors (Lipinski definition) is 3. The summed E-state index contributed by atoms with van der Waals surface area (Å²) < 4.78 is 5.78. The molecule has 4 heteroatoms. The Morgan fingerprint density at radius 3 is 2.89 bits per heavy atom. The molecule has 0 amide bonds. The van der Waals surface area contributed by atoms with E-state index in [4.69, 9.17) is 9.84 Å². The van der Waals surface area contributed by atoms with E-state index in [0.717, 1.165) is 25.0 Å². The van der Waals surface area contributed by atoms with Crippen LogP contribution in [0.25, 0.3) is 0 Å². The van der Waals surface area contributed by atoms with Crippen LogP contribution < -0.4 is 10.1 Å². The van der Waals surface area contributed by atoms with Gasteiger partial charge < -0.3 is 15.2 Å². The molecule has 1 aromatic rings. The lowest BCUT2D eigenvalue weighted by molar-refractivity contribution is -0.140. The molecule has 1 aliphatic heterocycles. The van der Waals surface area contributed by atoms with E-state index in [-0.39, 0.29) is 6.10 Å². The van der Waals surface area contributed by atoms with Crippen LogP contribution in [0.5, 0.6) is 5.75 Å². The fourth-order valence-corrected chi connectivity index (χ4v) is 2.51. The van der Waals surface area contributed by atoms with Gasteiger partial charge in [0.05, 0.1) is 0 Å². The molecule has 2 unspecified atom stereocenters. The monoisotopic (exact) mass is 247 g/mol. The number of hydrogen-bond donors (Lipinski definition) is 2. The Balaban J connectivity index is 1.55. The first-order chi connectivity index (χ1) is 8.74. The van der Waals surface area contributed by atoms with Gasteiger partial charge in [0.25, 0.3) is 0 Å². The van der Waals surface area contributed by atoms with Crippen molar-refractivity contribution in [3.05, 3.63) is 29.8 Å². The zero-order valence-electron chi connectivity index (χ0n) is 10.1. The Hall–Kier alpha value is -1.55. The summed E-state index contributed by atoms with van der Waals surface area (Å²) in [4.78, 5) is 11.1. The highest BCUT2D eigenvalue weighted by Gasteiger charge is 2.36. The number of carboxylic acids is 1. The molecule has 96 valence electrons. The number of carbonyl (C=O) groups is 1. The Morgan fingerprint density at radius 2 is 2.22 bits per heavy atom. The molecule has 3 rings (SSSR count). The summed E-state index contributed by atoms with van der Waals surface area (Å²) >= 11 is 0. The second-order valence-electron chi connectivity index (χ2n) is 5.11. The second kappa shape index (κ2) is 4.61. The molecule has 1 aliphatic carbocycles. The van der Waals surface area contributed by atoms with Crippen LogP contribution in [0, 0.1) is 5.92 Å². The maximum atomic E-state index is 11.1. The van der Waals surface area contributed by atoms with E-state index >= 15 is 0 Å². The maximum Gasteiger partial charge on any atom is 0.320 e. The largest absolute Gasteiger partial charge is 0.488 e. The molecule has 2 N–H and O–H groups in total. The predicted molar refractivity (Wildman–Crippen MR) is 66.7 cm³/mol. The summed E-state index contributed by atoms with van der Waals surface area (Å²) in [6, 6.07) is 7.58. The highest BCUT2D eigenvalue weighted by Crippen LogP contribution is 2.33. The van der Waals surface area contributed by atoms with Crippen molar-refractivity contribution < 1.29 is 14.6 Å². The molecule has 1 saturated carbocycles. The molecule has 1 heterocycles. The minimum Gasteiger partial charge on any atom is -0.488 e. The number of carboxylic acid groups (broad SMARTS) is 1. The second-order valence-corrected chi connectivity index (χ2v) is 5.11. The van der Waals surface area contributed by atoms with Gasteiger partial charge in [-0.15, -0.1) is 0 Å². The van der Waals surface area contributed by atoms with Crippen molar-refractivity contribution in [2.75, 3.05) is 6.54 Å². The van der Waals surface area contributed by atoms with E-state index in [2.05, 4.69) is 11.4 Å². The number of ether oxygens (including phenoxy) is 1. The van der Waals surface area contributed by atoms with Crippen LogP contribution >= 0.6 is 0 Å². The third-order valence-electron chi connectivity index (χ3n) is 3.64. The van der Waals surface area contributed by atoms with Gasteiger partial charge in [-0.1, -0.05) is 18.2 Å². The van der Waals surface area contributed by atoms with E-state index in [1.54, 1.807) is 0 Å². The molecular weight excluding hydrogens is 230 g/mol. The Labute approximate surface area is 106 Å². The maximum absolute atomic E-state index is 11.1. The Bertz CT molecular complexity index is 431. The zero-order chi connectivity index (χ0) is 12.5. The SMILES string of the molecule is O=C(O)C(NCC1Cc2ccccc2O1)C1CC1. The van der Waals surface area contributed by atoms with Crippen LogP contribution in [0.15, 0.2) is 24.3 Å². The molecule has 18 heavy (non-hydrogen) atoms. The van der Waals surface area contributed by atoms with Crippen molar-refractivity contribution in [1.82, 2.24) is 5.32 Å². The summed E-state index contributed by atoms with van der Waals surface area (Å²) in [6.07, 6.45) is 2.97. The number of aliphatic carboxylic acids is 1. The Kier molecular flexibility index (Phi) is 2.96. The van der Waals surface area contributed by atoms with E-state index < -0.39 is 12.0 Å². The third-order valence-corrected chi connectivity index (χ3v) is 3.64. The number of rotatable bonds is 5. The predicted octanol–water partition coefficient (Wildman–Crippen LogP) is 1.44. The summed E-state index contributed by atoms with van der Waals surface area (Å²) in [5.41, 5.74) is 1.21. The fraction of sp³-hybridized carbons (Fsp3) is 0.500. The van der Waals surface area contributed by atoms with Crippen LogP contribution in [0.2, 0.25) is 0 Å². The van der Waals surface area contributed by atoms with Crippen molar-refractivity contribution in [2.45, 2.75) is 31.4 Å². The van der Waals surface area contributed by atoms with Gasteiger partial charge in [0.1, 0.15) is 17.9 Å². The van der Waals surface area contributed by atoms with Gasteiger partial charge in [0, 0.05) is 13.0 Å². The normalized spacial score (nSPS) is 23.2. The Morgan fingerprint density at radius 1 is 1.44 bits per heavy atom. The molecule has 2 atom stereocenters. The minimum atomic E-state index is -0.743. The molecule has 0 radical (unpaired) electrons. The molecule has 0 saturated heterocycles. The van der Waals surface area contributed by atoms with Crippen LogP contribution in [0.3, 0.4) is 0 Å². The summed E-state index contributed by atoms with van der Waals surface area (Å²) in [6.45, 7) is 0.599. The number of nitrogens with one attached hydrogen (secondary N) is 1. The molecular formula is C14H17NO3. The van der Waals surface area contributed by atoms with E-state index in [1.807, 2.05) is 18.2 Å². The summed E-state index contributed by atoms with van der Waals surface area (Å²) in [5, 5.41) is 12.3. The number of para-hydroxylation sites is 1. The smallest absolute Gasteiger partial charge is 0.320 e. The molecule has 0 bridgehead atoms. The lowest BCUT2D eigenvalue weighted by Crippen LogP contribution is -2.43. The molecule has 1 aromatic carbocycles. The van der Waals surface area contributed by atoms with Crippen molar-refractivity contribution in [2.24, 2.45) is 5.92 Å². The van der Waals surface area contributed by atoms with Gasteiger partial charge in [0.2, 0.25) is 0 Å². The zero-order valence-corrected chi connectivity index (χ0v) is 10.1. The lowest BCUT2D eigenvalue weighted by atomic mass is 10.1. The van der Waals surface area contributed by atoms with Crippen molar-refractivity contribution >= 4 is 5.97 Å². The first-order valence-corrected chi connectivity index (χ1v) is 6.45. The number of fused-ring (bicyclic) bond motifs is 1. The van der Waals surface area contributed by atoms with Crippen molar-refractivity contribution in [1.29, 1.82) is 0 Å². The lowest BCUT2D eigenvalue weighted by Gasteiger charge is -2.17. The summed E-state index contributed by atoms with van der Waals surface area (Å²) in [5.74, 6) is 0.502.